The largest absolute Gasteiger partial charge is 0.478 e. The van der Waals surface area contributed by atoms with Crippen molar-refractivity contribution in [3.05, 3.63) is 23.8 Å². The zero-order valence-electron chi connectivity index (χ0n) is 8.57. The first-order valence-corrected chi connectivity index (χ1v) is 4.65. The van der Waals surface area contributed by atoms with Crippen molar-refractivity contribution in [3.8, 4) is 5.75 Å². The van der Waals surface area contributed by atoms with Crippen molar-refractivity contribution < 1.29 is 9.53 Å². The summed E-state index contributed by atoms with van der Waals surface area (Å²) in [5.74, 6) is 0.824. The molecule has 1 heterocycles. The fourth-order valence-corrected chi connectivity index (χ4v) is 1.67. The molecule has 1 aromatic carbocycles. The van der Waals surface area contributed by atoms with E-state index in [-0.39, 0.29) is 12.0 Å². The van der Waals surface area contributed by atoms with Gasteiger partial charge in [0.1, 0.15) is 5.75 Å². The molecule has 0 N–H and O–H groups in total. The summed E-state index contributed by atoms with van der Waals surface area (Å²) in [5.41, 5.74) is 1.92. The molecule has 3 heteroatoms. The highest BCUT2D eigenvalue weighted by molar-refractivity contribution is 5.99. The van der Waals surface area contributed by atoms with E-state index in [0.29, 0.717) is 0 Å². The number of para-hydroxylation sites is 1. The van der Waals surface area contributed by atoms with Crippen LogP contribution in [-0.4, -0.2) is 19.1 Å². The molecule has 1 unspecified atom stereocenters. The van der Waals surface area contributed by atoms with Crippen LogP contribution in [0.2, 0.25) is 0 Å². The van der Waals surface area contributed by atoms with Crippen LogP contribution in [0.25, 0.3) is 0 Å². The number of aryl methyl sites for hydroxylation is 1. The molecular formula is C11H13NO2. The monoisotopic (exact) mass is 191 g/mol. The van der Waals surface area contributed by atoms with E-state index in [1.54, 1.807) is 18.9 Å². The van der Waals surface area contributed by atoms with Crippen molar-refractivity contribution in [1.29, 1.82) is 0 Å². The Kier molecular flexibility index (Phi) is 1.95. The number of carbonyl (C=O) groups is 1. The van der Waals surface area contributed by atoms with Crippen molar-refractivity contribution >= 4 is 11.6 Å². The molecule has 1 atom stereocenters. The number of nitrogens with zero attached hydrogens (tertiary/aromatic N) is 1. The van der Waals surface area contributed by atoms with Crippen LogP contribution in [0.5, 0.6) is 5.75 Å². The Balaban J connectivity index is 2.56. The van der Waals surface area contributed by atoms with Gasteiger partial charge in [0.25, 0.3) is 5.91 Å². The summed E-state index contributed by atoms with van der Waals surface area (Å²) in [6.07, 6.45) is -0.381. The van der Waals surface area contributed by atoms with Gasteiger partial charge in [0.05, 0.1) is 5.69 Å². The molecule has 0 aliphatic carbocycles. The molecule has 0 bridgehead atoms. The molecule has 1 aliphatic rings. The fraction of sp³-hybridized carbons (Fsp3) is 0.364. The van der Waals surface area contributed by atoms with Crippen LogP contribution >= 0.6 is 0 Å². The molecule has 2 rings (SSSR count). The lowest BCUT2D eigenvalue weighted by molar-refractivity contribution is -0.125. The maximum atomic E-state index is 11.6. The normalized spacial score (nSPS) is 20.4. The van der Waals surface area contributed by atoms with Gasteiger partial charge in [-0.15, -0.1) is 0 Å². The van der Waals surface area contributed by atoms with Gasteiger partial charge in [0.15, 0.2) is 6.10 Å². The molecule has 14 heavy (non-hydrogen) atoms. The molecule has 0 radical (unpaired) electrons. The van der Waals surface area contributed by atoms with Crippen LogP contribution in [0, 0.1) is 6.92 Å². The zero-order valence-corrected chi connectivity index (χ0v) is 8.57. The van der Waals surface area contributed by atoms with Crippen molar-refractivity contribution in [2.45, 2.75) is 20.0 Å². The Morgan fingerprint density at radius 3 is 2.86 bits per heavy atom. The predicted molar refractivity (Wildman–Crippen MR) is 54.7 cm³/mol. The third-order valence-electron chi connectivity index (χ3n) is 2.53. The Bertz CT molecular complexity index is 387. The van der Waals surface area contributed by atoms with Crippen molar-refractivity contribution in [2.24, 2.45) is 0 Å². The highest BCUT2D eigenvalue weighted by Crippen LogP contribution is 2.35. The number of hydrogen-bond acceptors (Lipinski definition) is 2. The molecule has 0 saturated carbocycles. The number of benzene rings is 1. The molecule has 0 aromatic heterocycles. The lowest BCUT2D eigenvalue weighted by Gasteiger charge is -2.31. The van der Waals surface area contributed by atoms with Gasteiger partial charge in [-0.25, -0.2) is 0 Å². The smallest absolute Gasteiger partial charge is 0.267 e. The average molecular weight is 191 g/mol. The second-order valence-corrected chi connectivity index (χ2v) is 3.58. The van der Waals surface area contributed by atoms with E-state index in [9.17, 15) is 4.79 Å². The average Bonchev–Trinajstić information content (AvgIpc) is 2.17. The molecule has 1 amide bonds. The Hall–Kier alpha value is -1.51. The van der Waals surface area contributed by atoms with Gasteiger partial charge in [-0.2, -0.15) is 0 Å². The minimum atomic E-state index is -0.381. The number of carbonyl (C=O) groups excluding carboxylic acids is 1. The van der Waals surface area contributed by atoms with E-state index in [1.165, 1.54) is 0 Å². The van der Waals surface area contributed by atoms with Gasteiger partial charge >= 0.3 is 0 Å². The summed E-state index contributed by atoms with van der Waals surface area (Å²) >= 11 is 0. The molecule has 0 saturated heterocycles. The summed E-state index contributed by atoms with van der Waals surface area (Å²) in [4.78, 5) is 13.2. The SMILES string of the molecule is Cc1cccc2c1OC(C)C(=O)N2C. The molecule has 3 nitrogen and oxygen atoms in total. The number of rotatable bonds is 0. The maximum Gasteiger partial charge on any atom is 0.267 e. The Labute approximate surface area is 83.3 Å². The Morgan fingerprint density at radius 2 is 2.14 bits per heavy atom. The van der Waals surface area contributed by atoms with Gasteiger partial charge in [-0.3, -0.25) is 4.79 Å². The van der Waals surface area contributed by atoms with E-state index in [4.69, 9.17) is 4.74 Å². The van der Waals surface area contributed by atoms with Crippen molar-refractivity contribution in [3.63, 3.8) is 0 Å². The summed E-state index contributed by atoms with van der Waals surface area (Å²) in [6, 6.07) is 5.80. The standard InChI is InChI=1S/C11H13NO2/c1-7-5-4-6-9-10(7)14-8(2)11(13)12(9)3/h4-6,8H,1-3H3. The van der Waals surface area contributed by atoms with Crippen molar-refractivity contribution in [2.75, 3.05) is 11.9 Å². The number of hydrogen-bond donors (Lipinski definition) is 0. The zero-order chi connectivity index (χ0) is 10.3. The van der Waals surface area contributed by atoms with Gasteiger partial charge in [0.2, 0.25) is 0 Å². The molecule has 1 aromatic rings. The molecule has 74 valence electrons. The van der Waals surface area contributed by atoms with Crippen LogP contribution in [-0.2, 0) is 4.79 Å². The number of fused-ring (bicyclic) bond motifs is 1. The lowest BCUT2D eigenvalue weighted by Crippen LogP contribution is -2.42. The van der Waals surface area contributed by atoms with E-state index >= 15 is 0 Å². The third-order valence-corrected chi connectivity index (χ3v) is 2.53. The minimum absolute atomic E-state index is 0.00287. The lowest BCUT2D eigenvalue weighted by atomic mass is 10.1. The first-order valence-electron chi connectivity index (χ1n) is 4.65. The third kappa shape index (κ3) is 1.16. The second-order valence-electron chi connectivity index (χ2n) is 3.58. The minimum Gasteiger partial charge on any atom is -0.478 e. The summed E-state index contributed by atoms with van der Waals surface area (Å²) < 4.78 is 5.55. The first kappa shape index (κ1) is 9.06. The first-order chi connectivity index (χ1) is 6.61. The van der Waals surface area contributed by atoms with Gasteiger partial charge < -0.3 is 9.64 Å². The van der Waals surface area contributed by atoms with Gasteiger partial charge in [-0.1, -0.05) is 12.1 Å². The summed E-state index contributed by atoms with van der Waals surface area (Å²) in [7, 11) is 1.78. The number of anilines is 1. The van der Waals surface area contributed by atoms with Crippen molar-refractivity contribution in [1.82, 2.24) is 0 Å². The van der Waals surface area contributed by atoms with E-state index in [0.717, 1.165) is 17.0 Å². The molecule has 1 aliphatic heterocycles. The van der Waals surface area contributed by atoms with E-state index in [1.807, 2.05) is 25.1 Å². The van der Waals surface area contributed by atoms with Crippen LogP contribution in [0.15, 0.2) is 18.2 Å². The van der Waals surface area contributed by atoms with E-state index < -0.39 is 0 Å². The van der Waals surface area contributed by atoms with Gasteiger partial charge in [-0.05, 0) is 25.5 Å². The molecular weight excluding hydrogens is 178 g/mol. The van der Waals surface area contributed by atoms with Crippen LogP contribution in [0.1, 0.15) is 12.5 Å². The van der Waals surface area contributed by atoms with Crippen LogP contribution in [0.4, 0.5) is 5.69 Å². The summed E-state index contributed by atoms with van der Waals surface area (Å²) in [5, 5.41) is 0. The number of ether oxygens (including phenoxy) is 1. The highest BCUT2D eigenvalue weighted by Gasteiger charge is 2.29. The topological polar surface area (TPSA) is 29.5 Å². The quantitative estimate of drug-likeness (QED) is 0.625. The number of amides is 1. The van der Waals surface area contributed by atoms with Crippen LogP contribution in [0.3, 0.4) is 0 Å². The number of likely N-dealkylation sites (N-methyl/N-ethyl adjacent to an activating group) is 1. The Morgan fingerprint density at radius 1 is 1.43 bits per heavy atom. The summed E-state index contributed by atoms with van der Waals surface area (Å²) in [6.45, 7) is 3.75. The fourth-order valence-electron chi connectivity index (χ4n) is 1.67. The molecule has 0 fully saturated rings. The van der Waals surface area contributed by atoms with Crippen LogP contribution < -0.4 is 9.64 Å². The maximum absolute atomic E-state index is 11.6. The van der Waals surface area contributed by atoms with E-state index in [2.05, 4.69) is 0 Å². The second kappa shape index (κ2) is 3.01. The highest BCUT2D eigenvalue weighted by atomic mass is 16.5. The van der Waals surface area contributed by atoms with Gasteiger partial charge in [0, 0.05) is 7.05 Å². The molecule has 0 spiro atoms. The predicted octanol–water partition coefficient (Wildman–Crippen LogP) is 1.74.